The number of carbonyl (C=O) groups is 1. The summed E-state index contributed by atoms with van der Waals surface area (Å²) in [5.74, 6) is 1.88. The van der Waals surface area contributed by atoms with Crippen LogP contribution in [0.1, 0.15) is 44.9 Å². The molecule has 1 saturated carbocycles. The van der Waals surface area contributed by atoms with E-state index in [0.717, 1.165) is 66.8 Å². The molecule has 1 N–H and O–H groups in total. The lowest BCUT2D eigenvalue weighted by Gasteiger charge is -2.18. The van der Waals surface area contributed by atoms with E-state index in [4.69, 9.17) is 9.72 Å². The van der Waals surface area contributed by atoms with Crippen molar-refractivity contribution in [2.75, 3.05) is 39.1 Å². The van der Waals surface area contributed by atoms with E-state index in [0.29, 0.717) is 30.7 Å². The highest BCUT2D eigenvalue weighted by atomic mass is 16.6. The van der Waals surface area contributed by atoms with E-state index < -0.39 is 0 Å². The van der Waals surface area contributed by atoms with E-state index in [-0.39, 0.29) is 12.3 Å². The van der Waals surface area contributed by atoms with Crippen LogP contribution in [0.25, 0.3) is 22.4 Å². The number of unbranched alkanes of at least 4 members (excludes halogenated alkanes) is 2. The fraction of sp³-hybridized carbons (Fsp3) is 0.548. The maximum atomic E-state index is 12.3. The van der Waals surface area contributed by atoms with Crippen molar-refractivity contribution in [3.63, 3.8) is 0 Å². The molecular formula is C31H43N5O2. The molecule has 5 rings (SSSR count). The zero-order valence-corrected chi connectivity index (χ0v) is 23.4. The molecule has 1 aliphatic heterocycles. The topological polar surface area (TPSA) is 65.9 Å². The van der Waals surface area contributed by atoms with Gasteiger partial charge in [-0.1, -0.05) is 18.6 Å². The number of likely N-dealkylation sites (N-methyl/N-ethyl adjacent to an activating group) is 1. The number of ketones is 1. The lowest BCUT2D eigenvalue weighted by atomic mass is 10.0. The van der Waals surface area contributed by atoms with E-state index >= 15 is 0 Å². The van der Waals surface area contributed by atoms with Gasteiger partial charge in [0.05, 0.1) is 17.6 Å². The average molecular weight is 518 g/mol. The summed E-state index contributed by atoms with van der Waals surface area (Å²) in [7, 11) is 8.38. The second-order valence-electron chi connectivity index (χ2n) is 11.4. The van der Waals surface area contributed by atoms with Crippen LogP contribution >= 0.6 is 0 Å². The van der Waals surface area contributed by atoms with Crippen molar-refractivity contribution in [3.8, 4) is 11.4 Å². The number of anilines is 1. The van der Waals surface area contributed by atoms with Crippen LogP contribution in [0.4, 0.5) is 5.69 Å². The molecule has 2 heterocycles. The van der Waals surface area contributed by atoms with Crippen molar-refractivity contribution in [2.45, 2.75) is 63.3 Å². The molecule has 2 aliphatic rings. The number of para-hydroxylation sites is 2. The van der Waals surface area contributed by atoms with Gasteiger partial charge in [0.25, 0.3) is 0 Å². The molecule has 4 atom stereocenters. The molecule has 2 aromatic carbocycles. The Morgan fingerprint density at radius 3 is 2.61 bits per heavy atom. The van der Waals surface area contributed by atoms with Gasteiger partial charge in [0.1, 0.15) is 17.7 Å². The quantitative estimate of drug-likeness (QED) is 0.258. The first-order valence-electron chi connectivity index (χ1n) is 14.2. The number of ether oxygens (including phenoxy) is 1. The molecule has 38 heavy (non-hydrogen) atoms. The molecule has 0 bridgehead atoms. The highest BCUT2D eigenvalue weighted by molar-refractivity contribution is 5.81. The van der Waals surface area contributed by atoms with Crippen LogP contribution in [-0.2, 0) is 16.6 Å². The molecule has 2 unspecified atom stereocenters. The maximum absolute atomic E-state index is 12.3. The van der Waals surface area contributed by atoms with E-state index in [1.807, 2.05) is 6.07 Å². The van der Waals surface area contributed by atoms with E-state index in [2.05, 4.69) is 90.3 Å². The summed E-state index contributed by atoms with van der Waals surface area (Å²) in [6.45, 7) is 1.61. The van der Waals surface area contributed by atoms with Gasteiger partial charge in [-0.25, -0.2) is 4.98 Å². The smallest absolute Gasteiger partial charge is 0.157 e. The Morgan fingerprint density at radius 1 is 1.05 bits per heavy atom. The number of hydrogen-bond donors (Lipinski definition) is 1. The lowest BCUT2D eigenvalue weighted by Crippen LogP contribution is -2.32. The molecule has 2 fully saturated rings. The van der Waals surface area contributed by atoms with Crippen LogP contribution in [0, 0.1) is 5.92 Å². The first-order chi connectivity index (χ1) is 18.4. The number of aromatic nitrogens is 2. The van der Waals surface area contributed by atoms with Gasteiger partial charge in [-0.2, -0.15) is 0 Å². The van der Waals surface area contributed by atoms with Crippen molar-refractivity contribution in [2.24, 2.45) is 13.0 Å². The number of nitrogens with zero attached hydrogens (tertiary/aromatic N) is 4. The largest absolute Gasteiger partial charge is 0.347 e. The summed E-state index contributed by atoms with van der Waals surface area (Å²) in [6.07, 6.45) is 7.79. The predicted molar refractivity (Wildman–Crippen MR) is 154 cm³/mol. The van der Waals surface area contributed by atoms with Crippen LogP contribution in [0.5, 0.6) is 0 Å². The third kappa shape index (κ3) is 6.28. The standard InChI is InChI=1S/C31H43N5O2/c1-34(2)19-9-5-6-10-26(37)21-32-24-16-13-23(20-24)29-31(38-29)35(3)25-17-14-22(15-18-25)30-33-27-11-7-8-12-28(27)36(30)4/h7-8,11-12,14-15,17-18,23-24,29,31-32H,5-6,9-10,13,16,19-21H2,1-4H3/t23-,24+,29?,31?/m1/s1. The van der Waals surface area contributed by atoms with E-state index in [9.17, 15) is 4.79 Å². The molecule has 7 nitrogen and oxygen atoms in total. The minimum Gasteiger partial charge on any atom is -0.347 e. The summed E-state index contributed by atoms with van der Waals surface area (Å²) < 4.78 is 8.32. The van der Waals surface area contributed by atoms with E-state index in [1.54, 1.807) is 0 Å². The predicted octanol–water partition coefficient (Wildman–Crippen LogP) is 4.85. The third-order valence-corrected chi connectivity index (χ3v) is 8.29. The number of benzene rings is 2. The van der Waals surface area contributed by atoms with Gasteiger partial charge in [-0.05, 0) is 95.1 Å². The number of fused-ring (bicyclic) bond motifs is 1. The molecule has 0 spiro atoms. The van der Waals surface area contributed by atoms with Crippen LogP contribution in [0.15, 0.2) is 48.5 Å². The highest BCUT2D eigenvalue weighted by Gasteiger charge is 2.49. The Hall–Kier alpha value is -2.74. The van der Waals surface area contributed by atoms with Crippen molar-refractivity contribution >= 4 is 22.5 Å². The lowest BCUT2D eigenvalue weighted by molar-refractivity contribution is -0.118. The monoisotopic (exact) mass is 517 g/mol. The Kier molecular flexibility index (Phi) is 8.46. The molecule has 0 radical (unpaired) electrons. The maximum Gasteiger partial charge on any atom is 0.157 e. The highest BCUT2D eigenvalue weighted by Crippen LogP contribution is 2.42. The van der Waals surface area contributed by atoms with Crippen molar-refractivity contribution in [1.82, 2.24) is 19.8 Å². The number of hydrogen-bond acceptors (Lipinski definition) is 6. The summed E-state index contributed by atoms with van der Waals surface area (Å²) in [6, 6.07) is 17.3. The van der Waals surface area contributed by atoms with Gasteiger partial charge in [-0.15, -0.1) is 0 Å². The zero-order chi connectivity index (χ0) is 26.6. The van der Waals surface area contributed by atoms with Crippen LogP contribution in [0.3, 0.4) is 0 Å². The van der Waals surface area contributed by atoms with Crippen LogP contribution in [0.2, 0.25) is 0 Å². The number of carbonyl (C=O) groups excluding carboxylic acids is 1. The minimum absolute atomic E-state index is 0.129. The molecule has 1 saturated heterocycles. The second kappa shape index (κ2) is 12.0. The fourth-order valence-electron chi connectivity index (χ4n) is 5.94. The van der Waals surface area contributed by atoms with Crippen molar-refractivity contribution < 1.29 is 9.53 Å². The number of aryl methyl sites for hydroxylation is 1. The number of imidazole rings is 1. The number of rotatable bonds is 13. The molecule has 3 aromatic rings. The fourth-order valence-corrected chi connectivity index (χ4v) is 5.94. The number of Topliss-reactive ketones (excluding diaryl/α,β-unsaturated/α-hetero) is 1. The first kappa shape index (κ1) is 26.9. The normalized spacial score (nSPS) is 22.9. The molecule has 0 amide bonds. The Bertz CT molecular complexity index is 1220. The molecule has 1 aliphatic carbocycles. The Labute approximate surface area is 227 Å². The van der Waals surface area contributed by atoms with Gasteiger partial charge in [0, 0.05) is 37.8 Å². The molecule has 7 heteroatoms. The molecule has 1 aromatic heterocycles. The Morgan fingerprint density at radius 2 is 1.84 bits per heavy atom. The van der Waals surface area contributed by atoms with Crippen LogP contribution in [-0.4, -0.2) is 72.8 Å². The van der Waals surface area contributed by atoms with Gasteiger partial charge in [-0.3, -0.25) is 4.79 Å². The van der Waals surface area contributed by atoms with E-state index in [1.165, 1.54) is 6.42 Å². The second-order valence-corrected chi connectivity index (χ2v) is 11.4. The van der Waals surface area contributed by atoms with Crippen molar-refractivity contribution in [1.29, 1.82) is 0 Å². The molecule has 204 valence electrons. The first-order valence-corrected chi connectivity index (χ1v) is 14.2. The van der Waals surface area contributed by atoms with Gasteiger partial charge in [0.2, 0.25) is 0 Å². The molecular weight excluding hydrogens is 474 g/mol. The zero-order valence-electron chi connectivity index (χ0n) is 23.4. The number of nitrogens with one attached hydrogen (secondary N) is 1. The summed E-state index contributed by atoms with van der Waals surface area (Å²) in [5.41, 5.74) is 4.43. The SMILES string of the molecule is CN(C)CCCCCC(=O)CN[C@H]1CC[C@@H](C2OC2N(C)c2ccc(-c3nc4ccccc4n3C)cc2)C1. The Balaban J connectivity index is 1.06. The summed E-state index contributed by atoms with van der Waals surface area (Å²) in [4.78, 5) is 21.6. The van der Waals surface area contributed by atoms with Gasteiger partial charge < -0.3 is 24.4 Å². The third-order valence-electron chi connectivity index (χ3n) is 8.29. The minimum atomic E-state index is 0.129. The summed E-state index contributed by atoms with van der Waals surface area (Å²) >= 11 is 0. The summed E-state index contributed by atoms with van der Waals surface area (Å²) in [5, 5.41) is 3.53. The van der Waals surface area contributed by atoms with Gasteiger partial charge >= 0.3 is 0 Å². The van der Waals surface area contributed by atoms with Gasteiger partial charge in [0.15, 0.2) is 6.23 Å². The van der Waals surface area contributed by atoms with Crippen molar-refractivity contribution in [3.05, 3.63) is 48.5 Å². The number of epoxide rings is 1. The van der Waals surface area contributed by atoms with Crippen LogP contribution < -0.4 is 10.2 Å². The average Bonchev–Trinajstić information content (AvgIpc) is 3.45.